The van der Waals surface area contributed by atoms with Crippen LogP contribution < -0.4 is 19.5 Å². The Bertz CT molecular complexity index is 1020. The van der Waals surface area contributed by atoms with E-state index in [9.17, 15) is 9.59 Å². The van der Waals surface area contributed by atoms with E-state index < -0.39 is 5.97 Å². The Hall–Kier alpha value is -4.00. The Morgan fingerprint density at radius 3 is 2.16 bits per heavy atom. The van der Waals surface area contributed by atoms with Gasteiger partial charge in [0.15, 0.2) is 6.61 Å². The summed E-state index contributed by atoms with van der Waals surface area (Å²) < 4.78 is 21.1. The van der Waals surface area contributed by atoms with Crippen molar-refractivity contribution in [3.05, 3.63) is 83.9 Å². The van der Waals surface area contributed by atoms with Crippen LogP contribution in [0.4, 0.5) is 5.69 Å². The predicted molar refractivity (Wildman–Crippen MR) is 116 cm³/mol. The first kappa shape index (κ1) is 21.7. The molecule has 1 amide bonds. The summed E-state index contributed by atoms with van der Waals surface area (Å²) in [4.78, 5) is 23.9. The summed E-state index contributed by atoms with van der Waals surface area (Å²) in [7, 11) is 2.72. The maximum absolute atomic E-state index is 12.2. The summed E-state index contributed by atoms with van der Waals surface area (Å²) in [6, 6.07) is 21.6. The highest BCUT2D eigenvalue weighted by atomic mass is 16.5. The molecule has 3 aromatic rings. The Labute approximate surface area is 180 Å². The van der Waals surface area contributed by atoms with E-state index in [0.717, 1.165) is 5.56 Å². The normalized spacial score (nSPS) is 10.1. The first-order chi connectivity index (χ1) is 15.1. The minimum absolute atomic E-state index is 0.175. The molecule has 0 aliphatic rings. The van der Waals surface area contributed by atoms with Crippen LogP contribution in [0.3, 0.4) is 0 Å². The lowest BCUT2D eigenvalue weighted by Gasteiger charge is -2.11. The van der Waals surface area contributed by atoms with Crippen LogP contribution in [0.25, 0.3) is 0 Å². The maximum atomic E-state index is 12.2. The van der Waals surface area contributed by atoms with E-state index in [2.05, 4.69) is 5.32 Å². The van der Waals surface area contributed by atoms with Gasteiger partial charge in [-0.25, -0.2) is 4.79 Å². The average Bonchev–Trinajstić information content (AvgIpc) is 2.82. The van der Waals surface area contributed by atoms with Crippen LogP contribution in [0.5, 0.6) is 17.2 Å². The highest BCUT2D eigenvalue weighted by Crippen LogP contribution is 2.24. The average molecular weight is 421 g/mol. The maximum Gasteiger partial charge on any atom is 0.341 e. The zero-order valence-electron chi connectivity index (χ0n) is 17.3. The van der Waals surface area contributed by atoms with Crippen LogP contribution >= 0.6 is 0 Å². The van der Waals surface area contributed by atoms with Gasteiger partial charge in [-0.05, 0) is 42.0 Å². The zero-order chi connectivity index (χ0) is 22.1. The first-order valence-corrected chi connectivity index (χ1v) is 9.55. The van der Waals surface area contributed by atoms with Gasteiger partial charge in [0.05, 0.1) is 14.2 Å². The summed E-state index contributed by atoms with van der Waals surface area (Å²) in [5.41, 5.74) is 1.83. The van der Waals surface area contributed by atoms with Crippen molar-refractivity contribution in [3.63, 3.8) is 0 Å². The smallest absolute Gasteiger partial charge is 0.341 e. The molecule has 160 valence electrons. The van der Waals surface area contributed by atoms with Crippen molar-refractivity contribution >= 4 is 17.6 Å². The summed E-state index contributed by atoms with van der Waals surface area (Å²) in [5.74, 6) is 0.683. The number of carbonyl (C=O) groups is 2. The molecule has 7 heteroatoms. The number of anilines is 1. The van der Waals surface area contributed by atoms with Crippen molar-refractivity contribution in [2.24, 2.45) is 0 Å². The van der Waals surface area contributed by atoms with Crippen LogP contribution in [0.15, 0.2) is 72.8 Å². The van der Waals surface area contributed by atoms with E-state index in [1.807, 2.05) is 30.3 Å². The topological polar surface area (TPSA) is 83.1 Å². The number of hydrogen-bond donors (Lipinski definition) is 1. The second-order valence-corrected chi connectivity index (χ2v) is 6.49. The van der Waals surface area contributed by atoms with Gasteiger partial charge in [0, 0.05) is 11.8 Å². The van der Waals surface area contributed by atoms with Gasteiger partial charge in [-0.1, -0.05) is 30.3 Å². The molecule has 0 aliphatic heterocycles. The number of nitrogens with one attached hydrogen (secondary N) is 1. The van der Waals surface area contributed by atoms with E-state index >= 15 is 0 Å². The van der Waals surface area contributed by atoms with Gasteiger partial charge in [-0.15, -0.1) is 0 Å². The number of rotatable bonds is 9. The number of esters is 1. The molecule has 0 atom stereocenters. The molecule has 7 nitrogen and oxygen atoms in total. The van der Waals surface area contributed by atoms with Gasteiger partial charge >= 0.3 is 5.97 Å². The molecule has 0 aromatic heterocycles. The fourth-order valence-corrected chi connectivity index (χ4v) is 2.77. The van der Waals surface area contributed by atoms with Crippen LogP contribution in [0.1, 0.15) is 15.9 Å². The predicted octanol–water partition coefficient (Wildman–Crippen LogP) is 4.08. The summed E-state index contributed by atoms with van der Waals surface area (Å²) >= 11 is 0. The molecule has 0 spiro atoms. The molecular formula is C24H23NO6. The number of benzene rings is 3. The van der Waals surface area contributed by atoms with Crippen molar-refractivity contribution in [2.75, 3.05) is 26.1 Å². The SMILES string of the molecule is COC(=O)c1ccc(NC(=O)COc2ccc(OCc3ccccc3)cc2)cc1OC. The number of amides is 1. The lowest BCUT2D eigenvalue weighted by atomic mass is 10.2. The minimum Gasteiger partial charge on any atom is -0.496 e. The molecule has 3 rings (SSSR count). The lowest BCUT2D eigenvalue weighted by molar-refractivity contribution is -0.118. The molecule has 0 aliphatic carbocycles. The second kappa shape index (κ2) is 10.7. The second-order valence-electron chi connectivity index (χ2n) is 6.49. The minimum atomic E-state index is -0.519. The largest absolute Gasteiger partial charge is 0.496 e. The van der Waals surface area contributed by atoms with Gasteiger partial charge in [0.2, 0.25) is 0 Å². The molecule has 0 saturated heterocycles. The summed E-state index contributed by atoms with van der Waals surface area (Å²) in [6.07, 6.45) is 0. The third-order valence-electron chi connectivity index (χ3n) is 4.33. The number of ether oxygens (including phenoxy) is 4. The van der Waals surface area contributed by atoms with Crippen molar-refractivity contribution in [3.8, 4) is 17.2 Å². The molecule has 1 N–H and O–H groups in total. The van der Waals surface area contributed by atoms with Gasteiger partial charge in [-0.3, -0.25) is 4.79 Å². The molecule has 0 unspecified atom stereocenters. The van der Waals surface area contributed by atoms with Gasteiger partial charge in [-0.2, -0.15) is 0 Å². The highest BCUT2D eigenvalue weighted by molar-refractivity contribution is 5.95. The molecule has 0 heterocycles. The van der Waals surface area contributed by atoms with Gasteiger partial charge in [0.25, 0.3) is 5.91 Å². The Balaban J connectivity index is 1.49. The number of hydrogen-bond acceptors (Lipinski definition) is 6. The van der Waals surface area contributed by atoms with Crippen LogP contribution in [-0.4, -0.2) is 32.7 Å². The van der Waals surface area contributed by atoms with Gasteiger partial charge < -0.3 is 24.3 Å². The molecule has 31 heavy (non-hydrogen) atoms. The molecule has 0 fully saturated rings. The first-order valence-electron chi connectivity index (χ1n) is 9.55. The Kier molecular flexibility index (Phi) is 7.48. The molecular weight excluding hydrogens is 398 g/mol. The Morgan fingerprint density at radius 1 is 0.839 bits per heavy atom. The zero-order valence-corrected chi connectivity index (χ0v) is 17.3. The standard InChI is InChI=1S/C24H23NO6/c1-28-22-14-18(8-13-21(22)24(27)29-2)25-23(26)16-31-20-11-9-19(10-12-20)30-15-17-6-4-3-5-7-17/h3-14H,15-16H2,1-2H3,(H,25,26). The van der Waals surface area contributed by atoms with E-state index in [1.54, 1.807) is 36.4 Å². The van der Waals surface area contributed by atoms with Crippen molar-refractivity contribution < 1.29 is 28.5 Å². The third-order valence-corrected chi connectivity index (χ3v) is 4.33. The molecule has 0 saturated carbocycles. The molecule has 3 aromatic carbocycles. The van der Waals surface area contributed by atoms with Gasteiger partial charge in [0.1, 0.15) is 29.4 Å². The fraction of sp³-hybridized carbons (Fsp3) is 0.167. The van der Waals surface area contributed by atoms with Crippen LogP contribution in [0, 0.1) is 0 Å². The lowest BCUT2D eigenvalue weighted by Crippen LogP contribution is -2.20. The van der Waals surface area contributed by atoms with Crippen molar-refractivity contribution in [2.45, 2.75) is 6.61 Å². The summed E-state index contributed by atoms with van der Waals surface area (Å²) in [5, 5.41) is 2.70. The molecule has 0 bridgehead atoms. The Morgan fingerprint density at radius 2 is 1.52 bits per heavy atom. The third kappa shape index (κ3) is 6.24. The highest BCUT2D eigenvalue weighted by Gasteiger charge is 2.14. The van der Waals surface area contributed by atoms with Crippen molar-refractivity contribution in [1.82, 2.24) is 0 Å². The molecule has 0 radical (unpaired) electrons. The van der Waals surface area contributed by atoms with E-state index in [-0.39, 0.29) is 18.1 Å². The van der Waals surface area contributed by atoms with E-state index in [1.165, 1.54) is 20.3 Å². The summed E-state index contributed by atoms with van der Waals surface area (Å²) in [6.45, 7) is 0.299. The van der Waals surface area contributed by atoms with E-state index in [4.69, 9.17) is 18.9 Å². The van der Waals surface area contributed by atoms with Crippen molar-refractivity contribution in [1.29, 1.82) is 0 Å². The number of methoxy groups -OCH3 is 2. The van der Waals surface area contributed by atoms with Crippen LogP contribution in [-0.2, 0) is 16.1 Å². The quantitative estimate of drug-likeness (QED) is 0.524. The van der Waals surface area contributed by atoms with E-state index in [0.29, 0.717) is 29.5 Å². The number of carbonyl (C=O) groups excluding carboxylic acids is 2. The fourth-order valence-electron chi connectivity index (χ4n) is 2.77. The van der Waals surface area contributed by atoms with Crippen LogP contribution in [0.2, 0.25) is 0 Å². The monoisotopic (exact) mass is 421 g/mol.